The van der Waals surface area contributed by atoms with E-state index in [9.17, 15) is 9.18 Å². The zero-order valence-corrected chi connectivity index (χ0v) is 17.8. The van der Waals surface area contributed by atoms with Gasteiger partial charge in [0.1, 0.15) is 12.4 Å². The Bertz CT molecular complexity index is 1040. The van der Waals surface area contributed by atoms with Crippen molar-refractivity contribution in [2.24, 2.45) is 0 Å². The van der Waals surface area contributed by atoms with E-state index in [0.717, 1.165) is 29.5 Å². The van der Waals surface area contributed by atoms with Gasteiger partial charge in [0.2, 0.25) is 0 Å². The number of halogens is 1. The van der Waals surface area contributed by atoms with Crippen molar-refractivity contribution in [3.05, 3.63) is 94.8 Å². The summed E-state index contributed by atoms with van der Waals surface area (Å²) in [5.41, 5.74) is 3.70. The first-order chi connectivity index (χ1) is 15.0. The zero-order chi connectivity index (χ0) is 21.8. The molecule has 0 bridgehead atoms. The first-order valence-corrected chi connectivity index (χ1v) is 10.5. The Labute approximate surface area is 182 Å². The molecule has 1 aliphatic carbocycles. The summed E-state index contributed by atoms with van der Waals surface area (Å²) in [7, 11) is 1.60. The Balaban J connectivity index is 1.47. The van der Waals surface area contributed by atoms with E-state index >= 15 is 0 Å². The first kappa shape index (κ1) is 20.9. The normalized spacial score (nSPS) is 13.0. The second-order valence-corrected chi connectivity index (χ2v) is 7.93. The van der Waals surface area contributed by atoms with E-state index in [0.29, 0.717) is 30.2 Å². The highest BCUT2D eigenvalue weighted by atomic mass is 19.1. The lowest BCUT2D eigenvalue weighted by Crippen LogP contribution is -2.32. The fourth-order valence-electron chi connectivity index (χ4n) is 3.48. The molecule has 0 radical (unpaired) electrons. The maximum absolute atomic E-state index is 13.1. The van der Waals surface area contributed by atoms with E-state index < -0.39 is 0 Å². The third-order valence-corrected chi connectivity index (χ3v) is 5.44. The van der Waals surface area contributed by atoms with Gasteiger partial charge in [-0.3, -0.25) is 4.79 Å². The molecule has 0 heterocycles. The molecule has 31 heavy (non-hydrogen) atoms. The molecule has 0 spiro atoms. The van der Waals surface area contributed by atoms with Crippen LogP contribution in [-0.2, 0) is 13.2 Å². The largest absolute Gasteiger partial charge is 0.493 e. The van der Waals surface area contributed by atoms with Crippen LogP contribution in [0, 0.1) is 12.7 Å². The third kappa shape index (κ3) is 5.23. The number of nitrogens with zero attached hydrogens (tertiary/aromatic N) is 1. The fraction of sp³-hybridized carbons (Fsp3) is 0.269. The van der Waals surface area contributed by atoms with Crippen LogP contribution in [0.25, 0.3) is 0 Å². The average Bonchev–Trinajstić information content (AvgIpc) is 3.63. The van der Waals surface area contributed by atoms with Crippen LogP contribution in [0.15, 0.2) is 66.7 Å². The lowest BCUT2D eigenvalue weighted by atomic mass is 10.1. The van der Waals surface area contributed by atoms with Crippen molar-refractivity contribution < 1.29 is 18.7 Å². The van der Waals surface area contributed by atoms with E-state index in [1.807, 2.05) is 54.3 Å². The summed E-state index contributed by atoms with van der Waals surface area (Å²) < 4.78 is 24.5. The fourth-order valence-corrected chi connectivity index (χ4v) is 3.48. The predicted molar refractivity (Wildman–Crippen MR) is 118 cm³/mol. The molecule has 1 amide bonds. The number of methoxy groups -OCH3 is 1. The molecule has 1 saturated carbocycles. The van der Waals surface area contributed by atoms with Gasteiger partial charge in [-0.2, -0.15) is 0 Å². The Hall–Kier alpha value is -3.34. The van der Waals surface area contributed by atoms with E-state index in [1.165, 1.54) is 12.1 Å². The molecule has 160 valence electrons. The third-order valence-electron chi connectivity index (χ3n) is 5.44. The number of hydrogen-bond acceptors (Lipinski definition) is 3. The Morgan fingerprint density at radius 2 is 1.65 bits per heavy atom. The van der Waals surface area contributed by atoms with Crippen molar-refractivity contribution in [1.82, 2.24) is 4.90 Å². The highest BCUT2D eigenvalue weighted by Crippen LogP contribution is 2.33. The van der Waals surface area contributed by atoms with Crippen LogP contribution in [0.1, 0.15) is 39.9 Å². The minimum absolute atomic E-state index is 0.0538. The second-order valence-electron chi connectivity index (χ2n) is 7.93. The SMILES string of the molecule is COc1cc(CN(C(=O)c2ccc(C)cc2)C2CC2)ccc1OCc1ccc(F)cc1. The van der Waals surface area contributed by atoms with Crippen molar-refractivity contribution in [2.75, 3.05) is 7.11 Å². The summed E-state index contributed by atoms with van der Waals surface area (Å²) in [6, 6.07) is 19.9. The molecule has 3 aromatic rings. The molecule has 4 rings (SSSR count). The van der Waals surface area contributed by atoms with Crippen LogP contribution in [0.3, 0.4) is 0 Å². The number of carbonyl (C=O) groups is 1. The Morgan fingerprint density at radius 1 is 0.968 bits per heavy atom. The van der Waals surface area contributed by atoms with Gasteiger partial charge >= 0.3 is 0 Å². The molecule has 0 N–H and O–H groups in total. The summed E-state index contributed by atoms with van der Waals surface area (Å²) >= 11 is 0. The van der Waals surface area contributed by atoms with Crippen LogP contribution < -0.4 is 9.47 Å². The molecular formula is C26H26FNO3. The van der Waals surface area contributed by atoms with Crippen molar-refractivity contribution in [3.63, 3.8) is 0 Å². The predicted octanol–water partition coefficient (Wildman–Crippen LogP) is 5.53. The molecule has 5 heteroatoms. The summed E-state index contributed by atoms with van der Waals surface area (Å²) in [6.07, 6.45) is 2.07. The number of aryl methyl sites for hydroxylation is 1. The highest BCUT2D eigenvalue weighted by molar-refractivity contribution is 5.94. The summed E-state index contributed by atoms with van der Waals surface area (Å²) in [5.74, 6) is 1.00. The van der Waals surface area contributed by atoms with Gasteiger partial charge in [-0.25, -0.2) is 4.39 Å². The maximum atomic E-state index is 13.1. The van der Waals surface area contributed by atoms with Gasteiger partial charge in [-0.05, 0) is 67.3 Å². The van der Waals surface area contributed by atoms with Crippen LogP contribution >= 0.6 is 0 Å². The van der Waals surface area contributed by atoms with E-state index in [-0.39, 0.29) is 17.8 Å². The molecule has 0 unspecified atom stereocenters. The van der Waals surface area contributed by atoms with Gasteiger partial charge in [0.15, 0.2) is 11.5 Å². The number of carbonyl (C=O) groups excluding carboxylic acids is 1. The molecule has 3 aromatic carbocycles. The minimum Gasteiger partial charge on any atom is -0.493 e. The molecule has 4 nitrogen and oxygen atoms in total. The lowest BCUT2D eigenvalue weighted by molar-refractivity contribution is 0.0729. The van der Waals surface area contributed by atoms with Crippen LogP contribution in [0.2, 0.25) is 0 Å². The zero-order valence-electron chi connectivity index (χ0n) is 17.8. The van der Waals surface area contributed by atoms with E-state index in [2.05, 4.69) is 0 Å². The minimum atomic E-state index is -0.272. The molecule has 1 aliphatic rings. The van der Waals surface area contributed by atoms with Crippen LogP contribution in [0.5, 0.6) is 11.5 Å². The number of amides is 1. The molecule has 0 atom stereocenters. The molecule has 0 aliphatic heterocycles. The van der Waals surface area contributed by atoms with Crippen molar-refractivity contribution >= 4 is 5.91 Å². The van der Waals surface area contributed by atoms with Crippen molar-refractivity contribution in [3.8, 4) is 11.5 Å². The van der Waals surface area contributed by atoms with Crippen LogP contribution in [0.4, 0.5) is 4.39 Å². The molecule has 0 saturated heterocycles. The number of hydrogen-bond donors (Lipinski definition) is 0. The number of rotatable bonds is 8. The second kappa shape index (κ2) is 9.21. The molecule has 0 aromatic heterocycles. The lowest BCUT2D eigenvalue weighted by Gasteiger charge is -2.23. The Morgan fingerprint density at radius 3 is 2.29 bits per heavy atom. The Kier molecular flexibility index (Phi) is 6.21. The van der Waals surface area contributed by atoms with E-state index in [1.54, 1.807) is 19.2 Å². The molecule has 1 fully saturated rings. The number of ether oxygens (including phenoxy) is 2. The van der Waals surface area contributed by atoms with Crippen LogP contribution in [-0.4, -0.2) is 24.0 Å². The first-order valence-electron chi connectivity index (χ1n) is 10.5. The van der Waals surface area contributed by atoms with Gasteiger partial charge in [-0.15, -0.1) is 0 Å². The van der Waals surface area contributed by atoms with Gasteiger partial charge < -0.3 is 14.4 Å². The topological polar surface area (TPSA) is 38.8 Å². The highest BCUT2D eigenvalue weighted by Gasteiger charge is 2.33. The molecular weight excluding hydrogens is 393 g/mol. The van der Waals surface area contributed by atoms with Crippen molar-refractivity contribution in [2.45, 2.75) is 39.0 Å². The summed E-state index contributed by atoms with van der Waals surface area (Å²) in [5, 5.41) is 0. The van der Waals surface area contributed by atoms with Gasteiger partial charge in [0.05, 0.1) is 7.11 Å². The van der Waals surface area contributed by atoms with Gasteiger partial charge in [0.25, 0.3) is 5.91 Å². The van der Waals surface area contributed by atoms with Gasteiger partial charge in [0, 0.05) is 18.2 Å². The maximum Gasteiger partial charge on any atom is 0.254 e. The van der Waals surface area contributed by atoms with Gasteiger partial charge in [-0.1, -0.05) is 35.9 Å². The smallest absolute Gasteiger partial charge is 0.254 e. The monoisotopic (exact) mass is 419 g/mol. The summed E-state index contributed by atoms with van der Waals surface area (Å²) in [4.78, 5) is 15.0. The number of benzene rings is 3. The quantitative estimate of drug-likeness (QED) is 0.482. The average molecular weight is 419 g/mol. The summed E-state index contributed by atoms with van der Waals surface area (Å²) in [6.45, 7) is 2.85. The van der Waals surface area contributed by atoms with Crippen molar-refractivity contribution in [1.29, 1.82) is 0 Å². The van der Waals surface area contributed by atoms with E-state index in [4.69, 9.17) is 9.47 Å². The standard InChI is InChI=1S/C26H26FNO3/c1-18-3-8-21(9-4-18)26(29)28(23-12-13-23)16-20-7-14-24(25(15-20)30-2)31-17-19-5-10-22(27)11-6-19/h3-11,14-15,23H,12-13,16-17H2,1-2H3.